The van der Waals surface area contributed by atoms with Gasteiger partial charge < -0.3 is 0 Å². The summed E-state index contributed by atoms with van der Waals surface area (Å²) in [6.45, 7) is 2.18. The van der Waals surface area contributed by atoms with Crippen LogP contribution < -0.4 is 0 Å². The minimum absolute atomic E-state index is 0.930. The Morgan fingerprint density at radius 2 is 1.80 bits per heavy atom. The lowest BCUT2D eigenvalue weighted by molar-refractivity contribution is 0.920. The van der Waals surface area contributed by atoms with E-state index in [4.69, 9.17) is 12.6 Å². The molecule has 0 saturated heterocycles. The normalized spacial score (nSPS) is 9.70. The summed E-state index contributed by atoms with van der Waals surface area (Å²) in [4.78, 5) is 0.930. The van der Waals surface area contributed by atoms with Gasteiger partial charge in [-0.1, -0.05) is 38.1 Å². The van der Waals surface area contributed by atoms with Gasteiger partial charge in [0.15, 0.2) is 0 Å². The molecule has 0 aromatic heterocycles. The lowest BCUT2D eigenvalue weighted by atomic mass is 10.1. The number of benzene rings is 1. The molecule has 0 atom stereocenters. The predicted molar refractivity (Wildman–Crippen MR) is 46.3 cm³/mol. The van der Waals surface area contributed by atoms with E-state index in [1.807, 2.05) is 12.1 Å². The highest BCUT2D eigenvalue weighted by molar-refractivity contribution is 7.80. The zero-order chi connectivity index (χ0) is 7.40. The van der Waals surface area contributed by atoms with Crippen molar-refractivity contribution in [2.45, 2.75) is 24.7 Å². The van der Waals surface area contributed by atoms with Gasteiger partial charge >= 0.3 is 0 Å². The Balaban J connectivity index is 2.69. The molecule has 53 valence electrons. The molecule has 0 aliphatic carbocycles. The van der Waals surface area contributed by atoms with Crippen LogP contribution in [0, 0.1) is 0 Å². The molecule has 1 heteroatoms. The molecule has 0 aliphatic rings. The minimum atomic E-state index is 0.930. The lowest BCUT2D eigenvalue weighted by Crippen LogP contribution is -1.80. The van der Waals surface area contributed by atoms with Crippen molar-refractivity contribution >= 4 is 12.6 Å². The van der Waals surface area contributed by atoms with Crippen LogP contribution in [0.1, 0.15) is 18.9 Å². The summed E-state index contributed by atoms with van der Waals surface area (Å²) >= 11 is 4.96. The van der Waals surface area contributed by atoms with Crippen molar-refractivity contribution in [1.29, 1.82) is 0 Å². The van der Waals surface area contributed by atoms with Crippen LogP contribution in [0.3, 0.4) is 0 Å². The molecule has 0 spiro atoms. The second-order valence-electron chi connectivity index (χ2n) is 2.39. The first-order chi connectivity index (χ1) is 4.83. The summed E-state index contributed by atoms with van der Waals surface area (Å²) in [7, 11) is 0. The third-order valence-corrected chi connectivity index (χ3v) is 1.73. The van der Waals surface area contributed by atoms with Crippen LogP contribution in [0.5, 0.6) is 0 Å². The molecule has 0 bridgehead atoms. The molecule has 0 nitrogen and oxygen atoms in total. The molecule has 0 aliphatic heterocycles. The third-order valence-electron chi connectivity index (χ3n) is 1.46. The minimum Gasteiger partial charge on any atom is -0.0801 e. The first kappa shape index (κ1) is 7.55. The second kappa shape index (κ2) is 3.57. The summed E-state index contributed by atoms with van der Waals surface area (Å²) < 4.78 is 0. The highest BCUT2D eigenvalue weighted by Crippen LogP contribution is 2.08. The van der Waals surface area contributed by atoms with Crippen molar-refractivity contribution in [2.24, 2.45) is 0 Å². The van der Waals surface area contributed by atoms with Crippen LogP contribution in [0.15, 0.2) is 29.2 Å². The molecule has 10 heavy (non-hydrogen) atoms. The zero-order valence-electron chi connectivity index (χ0n) is 6.13. The summed E-state index contributed by atoms with van der Waals surface area (Å²) in [5.74, 6) is 0. The summed E-state index contributed by atoms with van der Waals surface area (Å²) in [6.07, 6.45) is 2.37. The van der Waals surface area contributed by atoms with Crippen LogP contribution in [-0.4, -0.2) is 0 Å². The lowest BCUT2D eigenvalue weighted by Gasteiger charge is -1.96. The van der Waals surface area contributed by atoms with E-state index in [-0.39, 0.29) is 0 Å². The molecular formula is C9H11S. The fourth-order valence-corrected chi connectivity index (χ4v) is 1.08. The Bertz CT molecular complexity index is 188. The van der Waals surface area contributed by atoms with Gasteiger partial charge in [-0.15, -0.1) is 0 Å². The van der Waals surface area contributed by atoms with E-state index in [0.29, 0.717) is 0 Å². The Morgan fingerprint density at radius 1 is 1.20 bits per heavy atom. The van der Waals surface area contributed by atoms with Gasteiger partial charge in [-0.25, -0.2) is 0 Å². The summed E-state index contributed by atoms with van der Waals surface area (Å²) in [5.41, 5.74) is 1.39. The van der Waals surface area contributed by atoms with E-state index >= 15 is 0 Å². The van der Waals surface area contributed by atoms with Gasteiger partial charge in [-0.05, 0) is 24.1 Å². The van der Waals surface area contributed by atoms with Gasteiger partial charge in [-0.3, -0.25) is 0 Å². The fraction of sp³-hybridized carbons (Fsp3) is 0.333. The largest absolute Gasteiger partial charge is 0.0801 e. The monoisotopic (exact) mass is 151 g/mol. The molecular weight excluding hydrogens is 140 g/mol. The number of aryl methyl sites for hydroxylation is 1. The molecule has 1 aromatic carbocycles. The molecule has 0 unspecified atom stereocenters. The molecule has 0 N–H and O–H groups in total. The number of rotatable bonds is 2. The molecule has 1 aromatic rings. The predicted octanol–water partition coefficient (Wildman–Crippen LogP) is 3.20. The van der Waals surface area contributed by atoms with Gasteiger partial charge in [0, 0.05) is 4.90 Å². The number of hydrogen-bond donors (Lipinski definition) is 0. The Morgan fingerprint density at radius 3 is 2.30 bits per heavy atom. The highest BCUT2D eigenvalue weighted by atomic mass is 32.1. The molecule has 0 fully saturated rings. The van der Waals surface area contributed by atoms with E-state index < -0.39 is 0 Å². The number of hydrogen-bond acceptors (Lipinski definition) is 0. The molecule has 1 radical (unpaired) electrons. The van der Waals surface area contributed by atoms with Gasteiger partial charge in [-0.2, -0.15) is 0 Å². The first-order valence-corrected chi connectivity index (χ1v) is 3.99. The smallest absolute Gasteiger partial charge is 0.0377 e. The maximum atomic E-state index is 4.96. The van der Waals surface area contributed by atoms with Crippen molar-refractivity contribution in [2.75, 3.05) is 0 Å². The van der Waals surface area contributed by atoms with E-state index in [1.54, 1.807) is 0 Å². The Hall–Kier alpha value is -0.560. The second-order valence-corrected chi connectivity index (χ2v) is 2.87. The Labute approximate surface area is 67.7 Å². The summed E-state index contributed by atoms with van der Waals surface area (Å²) in [6, 6.07) is 8.18. The van der Waals surface area contributed by atoms with Crippen molar-refractivity contribution in [3.8, 4) is 0 Å². The van der Waals surface area contributed by atoms with Crippen LogP contribution in [0.4, 0.5) is 0 Å². The van der Waals surface area contributed by atoms with Crippen LogP contribution >= 0.6 is 12.6 Å². The van der Waals surface area contributed by atoms with E-state index in [0.717, 1.165) is 11.3 Å². The maximum Gasteiger partial charge on any atom is 0.0377 e. The van der Waals surface area contributed by atoms with E-state index in [2.05, 4.69) is 19.1 Å². The van der Waals surface area contributed by atoms with Crippen LogP contribution in [-0.2, 0) is 6.42 Å². The zero-order valence-corrected chi connectivity index (χ0v) is 6.95. The molecule has 0 saturated carbocycles. The van der Waals surface area contributed by atoms with Crippen molar-refractivity contribution in [3.05, 3.63) is 29.8 Å². The fourth-order valence-electron chi connectivity index (χ4n) is 0.945. The first-order valence-electron chi connectivity index (χ1n) is 3.59. The highest BCUT2D eigenvalue weighted by Gasteiger charge is 1.89. The van der Waals surface area contributed by atoms with Crippen LogP contribution in [0.2, 0.25) is 0 Å². The van der Waals surface area contributed by atoms with Gasteiger partial charge in [0.2, 0.25) is 0 Å². The van der Waals surface area contributed by atoms with Gasteiger partial charge in [0.25, 0.3) is 0 Å². The maximum absolute atomic E-state index is 4.96. The van der Waals surface area contributed by atoms with Gasteiger partial charge in [0.05, 0.1) is 0 Å². The third kappa shape index (κ3) is 1.99. The quantitative estimate of drug-likeness (QED) is 0.609. The SMILES string of the molecule is CCCc1ccc([S])cc1. The van der Waals surface area contributed by atoms with Crippen LogP contribution in [0.25, 0.3) is 0 Å². The van der Waals surface area contributed by atoms with E-state index in [9.17, 15) is 0 Å². The van der Waals surface area contributed by atoms with Crippen molar-refractivity contribution in [3.63, 3.8) is 0 Å². The molecule has 1 rings (SSSR count). The Kier molecular flexibility index (Phi) is 2.69. The van der Waals surface area contributed by atoms with E-state index in [1.165, 1.54) is 12.0 Å². The molecule has 0 heterocycles. The van der Waals surface area contributed by atoms with Gasteiger partial charge in [0.1, 0.15) is 0 Å². The molecule has 0 amide bonds. The standard InChI is InChI=1S/C9H11S/c1-2-3-8-4-6-9(10)7-5-8/h4-7H,2-3H2,1H3. The average molecular weight is 151 g/mol. The average Bonchev–Trinajstić information content (AvgIpc) is 1.95. The van der Waals surface area contributed by atoms with Crippen molar-refractivity contribution in [1.82, 2.24) is 0 Å². The van der Waals surface area contributed by atoms with Crippen molar-refractivity contribution < 1.29 is 0 Å². The summed E-state index contributed by atoms with van der Waals surface area (Å²) in [5, 5.41) is 0. The topological polar surface area (TPSA) is 0 Å².